The number of aromatic nitrogens is 1. The van der Waals surface area contributed by atoms with Gasteiger partial charge in [0.05, 0.1) is 19.3 Å². The van der Waals surface area contributed by atoms with E-state index in [1.807, 2.05) is 18.2 Å². The van der Waals surface area contributed by atoms with E-state index in [1.54, 1.807) is 6.07 Å². The highest BCUT2D eigenvalue weighted by Crippen LogP contribution is 2.49. The van der Waals surface area contributed by atoms with Crippen molar-refractivity contribution in [2.45, 2.75) is 56.7 Å². The Bertz CT molecular complexity index is 1380. The summed E-state index contributed by atoms with van der Waals surface area (Å²) >= 11 is 0. The minimum absolute atomic E-state index is 0.00752. The van der Waals surface area contributed by atoms with Gasteiger partial charge in [-0.2, -0.15) is 21.6 Å². The molecule has 0 unspecified atom stereocenters. The van der Waals surface area contributed by atoms with Gasteiger partial charge in [-0.05, 0) is 48.1 Å². The minimum Gasteiger partial charge on any atom is -0.487 e. The fraction of sp³-hybridized carbons (Fsp3) is 0.440. The largest absolute Gasteiger partial charge is 0.534 e. The van der Waals surface area contributed by atoms with E-state index in [0.29, 0.717) is 12.1 Å². The summed E-state index contributed by atoms with van der Waals surface area (Å²) in [6.45, 7) is 0.804. The van der Waals surface area contributed by atoms with Crippen LogP contribution in [-0.2, 0) is 33.0 Å². The highest BCUT2D eigenvalue weighted by atomic mass is 32.2. The third-order valence-electron chi connectivity index (χ3n) is 6.80. The van der Waals surface area contributed by atoms with E-state index in [2.05, 4.69) is 8.75 Å². The van der Waals surface area contributed by atoms with Crippen molar-refractivity contribution in [3.63, 3.8) is 0 Å². The van der Waals surface area contributed by atoms with Crippen LogP contribution in [0.5, 0.6) is 11.5 Å². The fourth-order valence-corrected chi connectivity index (χ4v) is 5.75. The van der Waals surface area contributed by atoms with Gasteiger partial charge in [0, 0.05) is 16.5 Å². The molecule has 2 aliphatic rings. The lowest BCUT2D eigenvalue weighted by atomic mass is 9.81. The van der Waals surface area contributed by atoms with E-state index in [9.17, 15) is 21.6 Å². The zero-order valence-corrected chi connectivity index (χ0v) is 20.5. The van der Waals surface area contributed by atoms with E-state index < -0.39 is 21.4 Å². The van der Waals surface area contributed by atoms with Gasteiger partial charge < -0.3 is 13.5 Å². The van der Waals surface area contributed by atoms with Gasteiger partial charge in [-0.15, -0.1) is 0 Å². The Morgan fingerprint density at radius 2 is 1.89 bits per heavy atom. The third kappa shape index (κ3) is 4.44. The molecule has 0 spiro atoms. The van der Waals surface area contributed by atoms with Gasteiger partial charge in [-0.1, -0.05) is 37.5 Å². The van der Waals surface area contributed by atoms with Gasteiger partial charge in [0.25, 0.3) is 0 Å². The number of hydrogen-bond acceptors (Lipinski definition) is 6. The summed E-state index contributed by atoms with van der Waals surface area (Å²) in [5.41, 5.74) is -1.26. The lowest BCUT2D eigenvalue weighted by Gasteiger charge is -2.24. The molecule has 0 bridgehead atoms. The first-order valence-corrected chi connectivity index (χ1v) is 13.2. The van der Waals surface area contributed by atoms with Crippen LogP contribution in [-0.4, -0.2) is 32.2 Å². The minimum atomic E-state index is -5.86. The number of fused-ring (bicyclic) bond motifs is 5. The predicted molar refractivity (Wildman–Crippen MR) is 126 cm³/mol. The van der Waals surface area contributed by atoms with Gasteiger partial charge in [0.1, 0.15) is 13.2 Å². The van der Waals surface area contributed by atoms with Crippen molar-refractivity contribution in [1.82, 2.24) is 4.57 Å². The summed E-state index contributed by atoms with van der Waals surface area (Å²) in [5.74, 6) is -0.229. The first kappa shape index (κ1) is 24.9. The second-order valence-corrected chi connectivity index (χ2v) is 10.5. The standard InChI is InChI=1S/C25H26F3NO6S/c1-32-34-15-16-10-11-18-20(14-16)29-12-13-33-24-19(23(29)22(18)17-6-3-2-4-7-17)8-5-9-21(24)35-36(30,31)25(26,27)28/h5,8-11,14,17H,2-4,6-7,12-13,15H2,1H3. The number of halogens is 3. The number of para-hydroxylation sites is 1. The molecule has 5 rings (SSSR count). The fourth-order valence-electron chi connectivity index (χ4n) is 5.29. The number of nitrogens with zero attached hydrogens (tertiary/aromatic N) is 1. The van der Waals surface area contributed by atoms with Crippen LogP contribution in [0.15, 0.2) is 36.4 Å². The van der Waals surface area contributed by atoms with Crippen molar-refractivity contribution in [1.29, 1.82) is 0 Å². The van der Waals surface area contributed by atoms with E-state index >= 15 is 0 Å². The predicted octanol–water partition coefficient (Wildman–Crippen LogP) is 6.05. The molecule has 2 aromatic carbocycles. The highest BCUT2D eigenvalue weighted by Gasteiger charge is 2.49. The molecule has 1 fully saturated rings. The molecule has 0 saturated heterocycles. The van der Waals surface area contributed by atoms with Crippen LogP contribution in [0.3, 0.4) is 0 Å². The second-order valence-electron chi connectivity index (χ2n) is 8.99. The number of benzene rings is 2. The number of alkyl halides is 3. The Hall–Kier alpha value is -2.76. The van der Waals surface area contributed by atoms with E-state index in [0.717, 1.165) is 59.8 Å². The first-order chi connectivity index (χ1) is 17.2. The summed E-state index contributed by atoms with van der Waals surface area (Å²) in [6, 6.07) is 10.4. The molecular formula is C25H26F3NO6S. The van der Waals surface area contributed by atoms with Crippen LogP contribution in [0.2, 0.25) is 0 Å². The van der Waals surface area contributed by atoms with Crippen molar-refractivity contribution < 1.29 is 40.3 Å². The van der Waals surface area contributed by atoms with Gasteiger partial charge in [0.2, 0.25) is 0 Å². The molecule has 7 nitrogen and oxygen atoms in total. The van der Waals surface area contributed by atoms with Gasteiger partial charge in [0.15, 0.2) is 11.5 Å². The molecule has 0 N–H and O–H groups in total. The SMILES string of the molecule is COOCc1ccc2c(C3CCCCC3)c3n(c2c1)CCOc1c(OS(=O)(=O)C(F)(F)F)cccc1-3. The number of ether oxygens (including phenoxy) is 1. The second kappa shape index (κ2) is 9.60. The Morgan fingerprint density at radius 1 is 1.11 bits per heavy atom. The van der Waals surface area contributed by atoms with Crippen LogP contribution >= 0.6 is 0 Å². The van der Waals surface area contributed by atoms with Crippen molar-refractivity contribution in [3.05, 3.63) is 47.5 Å². The topological polar surface area (TPSA) is 76.0 Å². The monoisotopic (exact) mass is 525 g/mol. The van der Waals surface area contributed by atoms with Gasteiger partial charge >= 0.3 is 15.6 Å². The summed E-state index contributed by atoms with van der Waals surface area (Å²) in [4.78, 5) is 9.85. The first-order valence-electron chi connectivity index (χ1n) is 11.8. The van der Waals surface area contributed by atoms with Crippen molar-refractivity contribution in [3.8, 4) is 22.8 Å². The maximum Gasteiger partial charge on any atom is 0.534 e. The van der Waals surface area contributed by atoms with Gasteiger partial charge in [-0.25, -0.2) is 9.78 Å². The molecular weight excluding hydrogens is 499 g/mol. The average Bonchev–Trinajstić information content (AvgIpc) is 3.03. The maximum absolute atomic E-state index is 13.1. The molecule has 1 aliphatic heterocycles. The molecule has 0 amide bonds. The average molecular weight is 526 g/mol. The number of rotatable bonds is 6. The molecule has 1 saturated carbocycles. The van der Waals surface area contributed by atoms with E-state index in [4.69, 9.17) is 14.5 Å². The maximum atomic E-state index is 13.1. The van der Waals surface area contributed by atoms with Crippen molar-refractivity contribution in [2.75, 3.05) is 13.7 Å². The molecule has 1 aliphatic carbocycles. The van der Waals surface area contributed by atoms with Crippen LogP contribution in [0.4, 0.5) is 13.2 Å². The van der Waals surface area contributed by atoms with E-state index in [-0.39, 0.29) is 24.9 Å². The molecule has 194 valence electrons. The van der Waals surface area contributed by atoms with Crippen molar-refractivity contribution in [2.24, 2.45) is 0 Å². The Balaban J connectivity index is 1.72. The van der Waals surface area contributed by atoms with Crippen LogP contribution in [0, 0.1) is 0 Å². The molecule has 2 heterocycles. The van der Waals surface area contributed by atoms with Gasteiger partial charge in [-0.3, -0.25) is 0 Å². The molecule has 1 aromatic heterocycles. The normalized spacial score (nSPS) is 16.8. The summed E-state index contributed by atoms with van der Waals surface area (Å²) in [5, 5.41) is 1.06. The smallest absolute Gasteiger partial charge is 0.487 e. The zero-order chi connectivity index (χ0) is 25.5. The Kier molecular flexibility index (Phi) is 6.65. The molecule has 0 radical (unpaired) electrons. The quantitative estimate of drug-likeness (QED) is 0.169. The summed E-state index contributed by atoms with van der Waals surface area (Å²) < 4.78 is 75.3. The Labute approximate surface area is 206 Å². The van der Waals surface area contributed by atoms with Crippen LogP contribution in [0.1, 0.15) is 49.1 Å². The highest BCUT2D eigenvalue weighted by molar-refractivity contribution is 7.88. The molecule has 11 heteroatoms. The van der Waals surface area contributed by atoms with Crippen molar-refractivity contribution >= 4 is 21.0 Å². The lowest BCUT2D eigenvalue weighted by Crippen LogP contribution is -2.28. The van der Waals surface area contributed by atoms with Crippen LogP contribution in [0.25, 0.3) is 22.2 Å². The van der Waals surface area contributed by atoms with E-state index in [1.165, 1.54) is 19.2 Å². The van der Waals surface area contributed by atoms with Crippen LogP contribution < -0.4 is 8.92 Å². The Morgan fingerprint density at radius 3 is 2.61 bits per heavy atom. The zero-order valence-electron chi connectivity index (χ0n) is 19.6. The molecule has 36 heavy (non-hydrogen) atoms. The molecule has 3 aromatic rings. The third-order valence-corrected chi connectivity index (χ3v) is 7.77. The molecule has 0 atom stereocenters. The summed E-state index contributed by atoms with van der Waals surface area (Å²) in [7, 11) is -4.42. The lowest BCUT2D eigenvalue weighted by molar-refractivity contribution is -0.282. The number of hydrogen-bond donors (Lipinski definition) is 0. The summed E-state index contributed by atoms with van der Waals surface area (Å²) in [6.07, 6.45) is 5.33.